The number of nitrogens with one attached hydrogen (secondary N) is 1. The predicted molar refractivity (Wildman–Crippen MR) is 68.7 cm³/mol. The Morgan fingerprint density at radius 2 is 2.13 bits per heavy atom. The lowest BCUT2D eigenvalue weighted by Crippen LogP contribution is -2.18. The highest BCUT2D eigenvalue weighted by molar-refractivity contribution is 5.27. The van der Waals surface area contributed by atoms with Crippen molar-refractivity contribution in [3.63, 3.8) is 0 Å². The van der Waals surface area contributed by atoms with Crippen LogP contribution in [0.25, 0.3) is 0 Å². The lowest BCUT2D eigenvalue weighted by molar-refractivity contribution is 0.672. The molecule has 0 bridgehead atoms. The highest BCUT2D eigenvalue weighted by atomic mass is 14.8. The van der Waals surface area contributed by atoms with E-state index in [2.05, 4.69) is 44.2 Å². The molecule has 0 aliphatic heterocycles. The quantitative estimate of drug-likeness (QED) is 0.536. The summed E-state index contributed by atoms with van der Waals surface area (Å²) in [4.78, 5) is 0. The van der Waals surface area contributed by atoms with Crippen LogP contribution in [0.2, 0.25) is 0 Å². The first-order chi connectivity index (χ1) is 7.33. The van der Waals surface area contributed by atoms with Crippen molar-refractivity contribution >= 4 is 0 Å². The molecule has 0 aromatic rings. The van der Waals surface area contributed by atoms with Crippen molar-refractivity contribution in [1.82, 2.24) is 5.32 Å². The van der Waals surface area contributed by atoms with Gasteiger partial charge in [-0.1, -0.05) is 31.1 Å². The Labute approximate surface area is 94.7 Å². The van der Waals surface area contributed by atoms with Crippen LogP contribution in [-0.2, 0) is 0 Å². The molecule has 0 saturated carbocycles. The Kier molecular flexibility index (Phi) is 8.91. The minimum absolute atomic E-state index is 1.05. The average molecular weight is 205 g/mol. The molecule has 0 aromatic carbocycles. The smallest absolute Gasteiger partial charge is 0.0202 e. The summed E-state index contributed by atoms with van der Waals surface area (Å²) in [5.41, 5.74) is 3.00. The maximum absolute atomic E-state index is 4.00. The van der Waals surface area contributed by atoms with Gasteiger partial charge in [0.2, 0.25) is 0 Å². The summed E-state index contributed by atoms with van der Waals surface area (Å²) in [5, 5.41) is 3.46. The molecule has 1 rings (SSSR count). The van der Waals surface area contributed by atoms with Gasteiger partial charge in [-0.2, -0.15) is 0 Å². The number of allylic oxidation sites excluding steroid dienone is 2. The third-order valence-corrected chi connectivity index (χ3v) is 2.41. The lowest BCUT2D eigenvalue weighted by atomic mass is 10.0. The number of rotatable bonds is 5. The number of unbranched alkanes of at least 4 members (excludes halogenated alkanes) is 1. The van der Waals surface area contributed by atoms with Crippen molar-refractivity contribution in [2.24, 2.45) is 0 Å². The summed E-state index contributed by atoms with van der Waals surface area (Å²) in [6.45, 7) is 6.66. The summed E-state index contributed by atoms with van der Waals surface area (Å²) in [7, 11) is 0. The molecule has 0 fully saturated rings. The van der Waals surface area contributed by atoms with Crippen LogP contribution in [0.4, 0.5) is 0 Å². The first-order valence-corrected chi connectivity index (χ1v) is 5.73. The number of hydrogen-bond acceptors (Lipinski definition) is 1. The minimum Gasteiger partial charge on any atom is -0.313 e. The van der Waals surface area contributed by atoms with Gasteiger partial charge in [0.25, 0.3) is 0 Å². The molecule has 0 radical (unpaired) electrons. The van der Waals surface area contributed by atoms with E-state index in [1.54, 1.807) is 0 Å². The van der Waals surface area contributed by atoms with E-state index in [9.17, 15) is 0 Å². The van der Waals surface area contributed by atoms with E-state index in [1.807, 2.05) is 0 Å². The third-order valence-electron chi connectivity index (χ3n) is 2.41. The third kappa shape index (κ3) is 6.99. The van der Waals surface area contributed by atoms with E-state index in [0.29, 0.717) is 0 Å². The van der Waals surface area contributed by atoms with Gasteiger partial charge < -0.3 is 5.32 Å². The summed E-state index contributed by atoms with van der Waals surface area (Å²) < 4.78 is 0. The first-order valence-electron chi connectivity index (χ1n) is 5.73. The Hall–Kier alpha value is -1.00. The topological polar surface area (TPSA) is 12.0 Å². The van der Waals surface area contributed by atoms with Gasteiger partial charge in [-0.3, -0.25) is 0 Å². The first kappa shape index (κ1) is 14.0. The Bertz CT molecular complexity index is 233. The van der Waals surface area contributed by atoms with Gasteiger partial charge in [0.15, 0.2) is 0 Å². The van der Waals surface area contributed by atoms with Crippen molar-refractivity contribution in [1.29, 1.82) is 0 Å². The van der Waals surface area contributed by atoms with Crippen molar-refractivity contribution < 1.29 is 0 Å². The predicted octanol–water partition coefficient (Wildman–Crippen LogP) is 3.29. The maximum atomic E-state index is 4.00. The van der Waals surface area contributed by atoms with Crippen LogP contribution in [0.1, 0.15) is 39.5 Å². The van der Waals surface area contributed by atoms with Gasteiger partial charge in [0, 0.05) is 6.54 Å². The fraction of sp³-hybridized carbons (Fsp3) is 0.571. The monoisotopic (exact) mass is 205 g/mol. The zero-order chi connectivity index (χ0) is 11.5. The molecular formula is C14H23N. The van der Waals surface area contributed by atoms with Crippen LogP contribution < -0.4 is 5.32 Å². The fourth-order valence-corrected chi connectivity index (χ4v) is 1.59. The molecule has 1 aliphatic rings. The largest absolute Gasteiger partial charge is 0.313 e. The summed E-state index contributed by atoms with van der Waals surface area (Å²) >= 11 is 0. The van der Waals surface area contributed by atoms with Gasteiger partial charge in [0.1, 0.15) is 0 Å². The second-order valence-electron chi connectivity index (χ2n) is 3.84. The van der Waals surface area contributed by atoms with E-state index >= 15 is 0 Å². The molecule has 0 saturated heterocycles. The van der Waals surface area contributed by atoms with Crippen molar-refractivity contribution in [2.75, 3.05) is 13.1 Å². The van der Waals surface area contributed by atoms with Crippen molar-refractivity contribution in [3.05, 3.63) is 23.3 Å². The number of terminal acetylenes is 1. The molecule has 84 valence electrons. The van der Waals surface area contributed by atoms with Gasteiger partial charge in [0.05, 0.1) is 0 Å². The van der Waals surface area contributed by atoms with E-state index < -0.39 is 0 Å². The van der Waals surface area contributed by atoms with Gasteiger partial charge in [-0.25, -0.2) is 0 Å². The van der Waals surface area contributed by atoms with Crippen LogP contribution in [0, 0.1) is 12.8 Å². The van der Waals surface area contributed by atoms with Gasteiger partial charge in [-0.05, 0) is 38.3 Å². The Morgan fingerprint density at radius 1 is 1.40 bits per heavy atom. The zero-order valence-electron chi connectivity index (χ0n) is 10.1. The van der Waals surface area contributed by atoms with Crippen LogP contribution >= 0.6 is 0 Å². The zero-order valence-corrected chi connectivity index (χ0v) is 10.1. The molecule has 1 heteroatoms. The maximum Gasteiger partial charge on any atom is 0.0202 e. The summed E-state index contributed by atoms with van der Waals surface area (Å²) in [5.74, 6) is 0. The fourth-order valence-electron chi connectivity index (χ4n) is 1.59. The standard InChI is InChI=1S/C12H21N.C2H2/c1-3-4-8-13-10-12-7-5-6-11(2)9-12;1-2/h7,9,13H,3-6,8,10H2,1-2H3;1-2H. The SMILES string of the molecule is C#C.CCCCNCC1=CCCC(C)=C1. The normalized spacial score (nSPS) is 14.7. The molecule has 0 aromatic heterocycles. The molecule has 1 aliphatic carbocycles. The molecule has 15 heavy (non-hydrogen) atoms. The molecule has 0 amide bonds. The van der Waals surface area contributed by atoms with Gasteiger partial charge >= 0.3 is 0 Å². The molecule has 0 spiro atoms. The molecule has 0 atom stereocenters. The van der Waals surface area contributed by atoms with Crippen LogP contribution in [0.5, 0.6) is 0 Å². The minimum atomic E-state index is 1.05. The highest BCUT2D eigenvalue weighted by Gasteiger charge is 2.00. The van der Waals surface area contributed by atoms with Gasteiger partial charge in [-0.15, -0.1) is 12.8 Å². The number of hydrogen-bond donors (Lipinski definition) is 1. The molecule has 1 nitrogen and oxygen atoms in total. The Morgan fingerprint density at radius 3 is 2.73 bits per heavy atom. The highest BCUT2D eigenvalue weighted by Crippen LogP contribution is 2.15. The van der Waals surface area contributed by atoms with E-state index in [4.69, 9.17) is 0 Å². The molecule has 0 heterocycles. The van der Waals surface area contributed by atoms with Crippen LogP contribution in [0.3, 0.4) is 0 Å². The van der Waals surface area contributed by atoms with Crippen molar-refractivity contribution in [2.45, 2.75) is 39.5 Å². The van der Waals surface area contributed by atoms with E-state index in [0.717, 1.165) is 13.1 Å². The second kappa shape index (κ2) is 9.55. The molecule has 1 N–H and O–H groups in total. The second-order valence-corrected chi connectivity index (χ2v) is 3.84. The van der Waals surface area contributed by atoms with Crippen molar-refractivity contribution in [3.8, 4) is 12.8 Å². The average Bonchev–Trinajstić information content (AvgIpc) is 2.27. The Balaban J connectivity index is 0.000000921. The summed E-state index contributed by atoms with van der Waals surface area (Å²) in [6, 6.07) is 0. The van der Waals surface area contributed by atoms with E-state index in [1.165, 1.54) is 36.8 Å². The lowest BCUT2D eigenvalue weighted by Gasteiger charge is -2.11. The molecule has 0 unspecified atom stereocenters. The van der Waals surface area contributed by atoms with Crippen LogP contribution in [0.15, 0.2) is 23.3 Å². The van der Waals surface area contributed by atoms with Crippen LogP contribution in [-0.4, -0.2) is 13.1 Å². The van der Waals surface area contributed by atoms with E-state index in [-0.39, 0.29) is 0 Å². The summed E-state index contributed by atoms with van der Waals surface area (Å²) in [6.07, 6.45) is 17.7. The molecular weight excluding hydrogens is 182 g/mol.